The molecule has 0 fully saturated rings. The average Bonchev–Trinajstić information content (AvgIpc) is 2.83. The lowest BCUT2D eigenvalue weighted by atomic mass is 9.87. The van der Waals surface area contributed by atoms with Gasteiger partial charge in [0.15, 0.2) is 0 Å². The highest BCUT2D eigenvalue weighted by atomic mass is 19.1. The highest BCUT2D eigenvalue weighted by Gasteiger charge is 2.37. The SMILES string of the molecule is CCC(CC)O[C@@H]1C=C(C(=O)O)C[C@H](NCc2cc(-c3ccccc3)ccc2F)[C@H]1NC(C)=O. The number of carboxylic acid groups (broad SMARTS) is 1. The van der Waals surface area contributed by atoms with Gasteiger partial charge >= 0.3 is 5.97 Å². The number of carbonyl (C=O) groups is 2. The molecule has 2 aromatic rings. The summed E-state index contributed by atoms with van der Waals surface area (Å²) in [6.07, 6.45) is 2.65. The molecular formula is C27H33FN2O4. The van der Waals surface area contributed by atoms with Gasteiger partial charge in [0.25, 0.3) is 0 Å². The molecule has 0 bridgehead atoms. The molecule has 3 N–H and O–H groups in total. The van der Waals surface area contributed by atoms with E-state index in [0.29, 0.717) is 5.56 Å². The normalized spacial score (nSPS) is 20.1. The second-order valence-corrected chi connectivity index (χ2v) is 8.63. The Labute approximate surface area is 200 Å². The third kappa shape index (κ3) is 6.52. The molecule has 3 rings (SSSR count). The maximum absolute atomic E-state index is 14.7. The van der Waals surface area contributed by atoms with E-state index in [1.165, 1.54) is 13.0 Å². The van der Waals surface area contributed by atoms with Gasteiger partial charge in [0.2, 0.25) is 5.91 Å². The first-order valence-corrected chi connectivity index (χ1v) is 11.8. The van der Waals surface area contributed by atoms with Crippen molar-refractivity contribution in [2.45, 2.75) is 70.9 Å². The zero-order valence-corrected chi connectivity index (χ0v) is 19.9. The van der Waals surface area contributed by atoms with Crippen LogP contribution in [0.2, 0.25) is 0 Å². The fraction of sp³-hybridized carbons (Fsp3) is 0.407. The molecule has 1 amide bonds. The molecule has 1 aliphatic carbocycles. The van der Waals surface area contributed by atoms with E-state index in [-0.39, 0.29) is 36.4 Å². The molecule has 0 saturated carbocycles. The summed E-state index contributed by atoms with van der Waals surface area (Å²) in [6.45, 7) is 5.61. The van der Waals surface area contributed by atoms with E-state index in [2.05, 4.69) is 10.6 Å². The van der Waals surface area contributed by atoms with Crippen molar-refractivity contribution >= 4 is 11.9 Å². The number of carbonyl (C=O) groups excluding carboxylic acids is 1. The third-order valence-corrected chi connectivity index (χ3v) is 6.21. The summed E-state index contributed by atoms with van der Waals surface area (Å²) in [5, 5.41) is 15.9. The molecule has 3 atom stereocenters. The summed E-state index contributed by atoms with van der Waals surface area (Å²) in [7, 11) is 0. The molecule has 0 aliphatic heterocycles. The van der Waals surface area contributed by atoms with Crippen molar-refractivity contribution in [3.63, 3.8) is 0 Å². The molecule has 2 aromatic carbocycles. The number of nitrogens with one attached hydrogen (secondary N) is 2. The van der Waals surface area contributed by atoms with Gasteiger partial charge in [-0.15, -0.1) is 0 Å². The largest absolute Gasteiger partial charge is 0.478 e. The van der Waals surface area contributed by atoms with E-state index in [1.54, 1.807) is 18.2 Å². The summed E-state index contributed by atoms with van der Waals surface area (Å²) in [4.78, 5) is 23.8. The predicted molar refractivity (Wildman–Crippen MR) is 130 cm³/mol. The summed E-state index contributed by atoms with van der Waals surface area (Å²) in [5.74, 6) is -1.61. The highest BCUT2D eigenvalue weighted by molar-refractivity contribution is 5.87. The zero-order valence-electron chi connectivity index (χ0n) is 19.9. The standard InChI is InChI=1S/C27H33FN2O4/c1-4-22(5-2)34-25-15-20(27(32)33)14-24(26(25)30-17(3)31)29-16-21-13-19(11-12-23(21)28)18-9-7-6-8-10-18/h6-13,15,22,24-26,29H,4-5,14,16H2,1-3H3,(H,30,31)(H,32,33)/t24-,25+,26+/m0/s1. The van der Waals surface area contributed by atoms with Crippen LogP contribution in [0.5, 0.6) is 0 Å². The van der Waals surface area contributed by atoms with Crippen LogP contribution in [-0.2, 0) is 20.9 Å². The minimum atomic E-state index is -1.02. The molecule has 0 radical (unpaired) electrons. The van der Waals surface area contributed by atoms with Crippen LogP contribution in [0, 0.1) is 5.82 Å². The first-order chi connectivity index (χ1) is 16.3. The Morgan fingerprint density at radius 2 is 1.82 bits per heavy atom. The molecule has 0 unspecified atom stereocenters. The topological polar surface area (TPSA) is 87.7 Å². The van der Waals surface area contributed by atoms with Crippen molar-refractivity contribution in [1.29, 1.82) is 0 Å². The van der Waals surface area contributed by atoms with E-state index in [0.717, 1.165) is 24.0 Å². The summed E-state index contributed by atoms with van der Waals surface area (Å²) in [5.41, 5.74) is 2.55. The second-order valence-electron chi connectivity index (χ2n) is 8.63. The molecule has 0 spiro atoms. The monoisotopic (exact) mass is 468 g/mol. The molecule has 0 saturated heterocycles. The number of hydrogen-bond acceptors (Lipinski definition) is 4. The molecule has 34 heavy (non-hydrogen) atoms. The smallest absolute Gasteiger partial charge is 0.331 e. The Bertz CT molecular complexity index is 1020. The van der Waals surface area contributed by atoms with E-state index in [9.17, 15) is 19.1 Å². The van der Waals surface area contributed by atoms with Crippen LogP contribution in [0.1, 0.15) is 45.6 Å². The van der Waals surface area contributed by atoms with Crippen LogP contribution in [0.3, 0.4) is 0 Å². The first-order valence-electron chi connectivity index (χ1n) is 11.8. The molecular weight excluding hydrogens is 435 g/mol. The van der Waals surface area contributed by atoms with Gasteiger partial charge < -0.3 is 20.5 Å². The fourth-order valence-electron chi connectivity index (χ4n) is 4.33. The molecule has 1 aliphatic rings. The molecule has 0 heterocycles. The number of hydrogen-bond donors (Lipinski definition) is 3. The average molecular weight is 469 g/mol. The van der Waals surface area contributed by atoms with Crippen LogP contribution in [-0.4, -0.2) is 41.3 Å². The van der Waals surface area contributed by atoms with Gasteiger partial charge in [-0.05, 0) is 48.6 Å². The van der Waals surface area contributed by atoms with Crippen LogP contribution >= 0.6 is 0 Å². The molecule has 0 aromatic heterocycles. The number of halogens is 1. The van der Waals surface area contributed by atoms with Crippen molar-refractivity contribution in [2.24, 2.45) is 0 Å². The van der Waals surface area contributed by atoms with Gasteiger partial charge in [-0.25, -0.2) is 9.18 Å². The van der Waals surface area contributed by atoms with Gasteiger partial charge in [0.05, 0.1) is 18.2 Å². The second kappa shape index (κ2) is 11.9. The van der Waals surface area contributed by atoms with Crippen molar-refractivity contribution in [3.05, 3.63) is 71.6 Å². The highest BCUT2D eigenvalue weighted by Crippen LogP contribution is 2.26. The summed E-state index contributed by atoms with van der Waals surface area (Å²) >= 11 is 0. The number of ether oxygens (including phenoxy) is 1. The van der Waals surface area contributed by atoms with Crippen molar-refractivity contribution in [2.75, 3.05) is 0 Å². The number of aliphatic carboxylic acids is 1. The van der Waals surface area contributed by atoms with Gasteiger partial charge in [0, 0.05) is 30.6 Å². The Balaban J connectivity index is 1.85. The number of carboxylic acids is 1. The van der Waals surface area contributed by atoms with E-state index < -0.39 is 24.2 Å². The van der Waals surface area contributed by atoms with Crippen molar-refractivity contribution in [3.8, 4) is 11.1 Å². The van der Waals surface area contributed by atoms with Crippen LogP contribution in [0.15, 0.2) is 60.2 Å². The number of amides is 1. The van der Waals surface area contributed by atoms with Crippen LogP contribution in [0.25, 0.3) is 11.1 Å². The van der Waals surface area contributed by atoms with Crippen molar-refractivity contribution < 1.29 is 23.8 Å². The predicted octanol–water partition coefficient (Wildman–Crippen LogP) is 4.44. The van der Waals surface area contributed by atoms with E-state index in [4.69, 9.17) is 4.74 Å². The Morgan fingerprint density at radius 3 is 2.44 bits per heavy atom. The lowest BCUT2D eigenvalue weighted by Gasteiger charge is -2.38. The minimum absolute atomic E-state index is 0.0636. The first kappa shape index (κ1) is 25.6. The Hall–Kier alpha value is -3.03. The quantitative estimate of drug-likeness (QED) is 0.480. The van der Waals surface area contributed by atoms with E-state index >= 15 is 0 Å². The fourth-order valence-corrected chi connectivity index (χ4v) is 4.33. The minimum Gasteiger partial charge on any atom is -0.478 e. The summed E-state index contributed by atoms with van der Waals surface area (Å²) < 4.78 is 20.9. The third-order valence-electron chi connectivity index (χ3n) is 6.21. The summed E-state index contributed by atoms with van der Waals surface area (Å²) in [6, 6.07) is 13.7. The van der Waals surface area contributed by atoms with E-state index in [1.807, 2.05) is 44.2 Å². The molecule has 7 heteroatoms. The van der Waals surface area contributed by atoms with Gasteiger partial charge in [-0.2, -0.15) is 0 Å². The van der Waals surface area contributed by atoms with Gasteiger partial charge in [0.1, 0.15) is 5.82 Å². The number of benzene rings is 2. The van der Waals surface area contributed by atoms with Gasteiger partial charge in [-0.1, -0.05) is 50.2 Å². The lowest BCUT2D eigenvalue weighted by Crippen LogP contribution is -2.58. The van der Waals surface area contributed by atoms with Crippen molar-refractivity contribution in [1.82, 2.24) is 10.6 Å². The van der Waals surface area contributed by atoms with Crippen LogP contribution in [0.4, 0.5) is 4.39 Å². The molecule has 6 nitrogen and oxygen atoms in total. The lowest BCUT2D eigenvalue weighted by molar-refractivity contribution is -0.133. The van der Waals surface area contributed by atoms with Crippen LogP contribution < -0.4 is 10.6 Å². The maximum atomic E-state index is 14.7. The molecule has 182 valence electrons. The maximum Gasteiger partial charge on any atom is 0.331 e. The Kier molecular flexibility index (Phi) is 8.96. The van der Waals surface area contributed by atoms with Gasteiger partial charge in [-0.3, -0.25) is 4.79 Å². The Morgan fingerprint density at radius 1 is 1.12 bits per heavy atom. The number of rotatable bonds is 10. The zero-order chi connectivity index (χ0) is 24.7.